The summed E-state index contributed by atoms with van der Waals surface area (Å²) in [5.74, 6) is 0.678. The number of benzene rings is 1. The van der Waals surface area contributed by atoms with E-state index in [2.05, 4.69) is 34.5 Å². The minimum Gasteiger partial charge on any atom is -0.372 e. The summed E-state index contributed by atoms with van der Waals surface area (Å²) in [5.41, 5.74) is 8.32. The Bertz CT molecular complexity index is 434. The second kappa shape index (κ2) is 6.75. The Balaban J connectivity index is 1.85. The van der Waals surface area contributed by atoms with Gasteiger partial charge in [-0.15, -0.1) is 0 Å². The zero-order chi connectivity index (χ0) is 14.5. The lowest BCUT2D eigenvalue weighted by Gasteiger charge is -2.33. The summed E-state index contributed by atoms with van der Waals surface area (Å²) in [6, 6.07) is 8.64. The quantitative estimate of drug-likeness (QED) is 0.884. The molecule has 3 N–H and O–H groups in total. The molecule has 4 heteroatoms. The van der Waals surface area contributed by atoms with Crippen LogP contribution in [0.4, 0.5) is 5.69 Å². The molecule has 110 valence electrons. The molecule has 1 fully saturated rings. The number of hydrogen-bond donors (Lipinski definition) is 2. The lowest BCUT2D eigenvalue weighted by Crippen LogP contribution is -2.38. The van der Waals surface area contributed by atoms with Gasteiger partial charge in [0.25, 0.3) is 0 Å². The fourth-order valence-electron chi connectivity index (χ4n) is 2.67. The molecule has 0 saturated carbocycles. The molecular formula is C16H25N3O. The molecular weight excluding hydrogens is 250 g/mol. The minimum atomic E-state index is 0.0684. The molecule has 0 radical (unpaired) electrons. The Labute approximate surface area is 121 Å². The minimum absolute atomic E-state index is 0.0684. The number of nitrogens with one attached hydrogen (secondary N) is 1. The Kier molecular flexibility index (Phi) is 5.01. The fourth-order valence-corrected chi connectivity index (χ4v) is 2.67. The van der Waals surface area contributed by atoms with Gasteiger partial charge < -0.3 is 16.0 Å². The highest BCUT2D eigenvalue weighted by atomic mass is 16.1. The second-order valence-electron chi connectivity index (χ2n) is 5.75. The lowest BCUT2D eigenvalue weighted by atomic mass is 9.96. The Hall–Kier alpha value is -1.55. The van der Waals surface area contributed by atoms with Gasteiger partial charge in [0.1, 0.15) is 0 Å². The Morgan fingerprint density at radius 1 is 1.35 bits per heavy atom. The maximum atomic E-state index is 10.9. The van der Waals surface area contributed by atoms with E-state index in [0.29, 0.717) is 5.92 Å². The molecule has 1 aromatic carbocycles. The van der Waals surface area contributed by atoms with Gasteiger partial charge in [0.05, 0.1) is 0 Å². The SMILES string of the molecule is CC(=O)NCC1CCN(c2ccc(C(C)N)cc2)CC1. The van der Waals surface area contributed by atoms with Gasteiger partial charge in [-0.2, -0.15) is 0 Å². The first-order valence-corrected chi connectivity index (χ1v) is 7.41. The number of nitrogens with two attached hydrogens (primary N) is 1. The summed E-state index contributed by atoms with van der Waals surface area (Å²) >= 11 is 0. The van der Waals surface area contributed by atoms with Crippen molar-refractivity contribution in [1.29, 1.82) is 0 Å². The first-order valence-electron chi connectivity index (χ1n) is 7.41. The van der Waals surface area contributed by atoms with Crippen LogP contribution in [0.25, 0.3) is 0 Å². The third kappa shape index (κ3) is 3.97. The van der Waals surface area contributed by atoms with Gasteiger partial charge in [0.2, 0.25) is 5.91 Å². The van der Waals surface area contributed by atoms with Crippen LogP contribution >= 0.6 is 0 Å². The van der Waals surface area contributed by atoms with Crippen molar-refractivity contribution in [2.45, 2.75) is 32.7 Å². The molecule has 1 heterocycles. The van der Waals surface area contributed by atoms with Crippen LogP contribution in [0.2, 0.25) is 0 Å². The molecule has 1 saturated heterocycles. The monoisotopic (exact) mass is 275 g/mol. The standard InChI is InChI=1S/C16H25N3O/c1-12(17)15-3-5-16(6-4-15)19-9-7-14(8-10-19)11-18-13(2)20/h3-6,12,14H,7-11,17H2,1-2H3,(H,18,20). The third-order valence-electron chi connectivity index (χ3n) is 4.04. The number of nitrogens with zero attached hydrogens (tertiary/aromatic N) is 1. The average molecular weight is 275 g/mol. The summed E-state index contributed by atoms with van der Waals surface area (Å²) in [4.78, 5) is 13.3. The van der Waals surface area contributed by atoms with Crippen molar-refractivity contribution < 1.29 is 4.79 Å². The van der Waals surface area contributed by atoms with Crippen LogP contribution in [0.15, 0.2) is 24.3 Å². The van der Waals surface area contributed by atoms with Crippen LogP contribution in [-0.4, -0.2) is 25.5 Å². The first-order chi connectivity index (χ1) is 9.56. The normalized spacial score (nSPS) is 17.9. The maximum Gasteiger partial charge on any atom is 0.216 e. The van der Waals surface area contributed by atoms with Crippen molar-refractivity contribution in [1.82, 2.24) is 5.32 Å². The highest BCUT2D eigenvalue weighted by Crippen LogP contribution is 2.24. The summed E-state index contributed by atoms with van der Waals surface area (Å²) in [6.07, 6.45) is 2.27. The van der Waals surface area contributed by atoms with E-state index in [0.717, 1.165) is 32.5 Å². The van der Waals surface area contributed by atoms with Gasteiger partial charge in [-0.25, -0.2) is 0 Å². The van der Waals surface area contributed by atoms with Crippen molar-refractivity contribution in [3.8, 4) is 0 Å². The maximum absolute atomic E-state index is 10.9. The summed E-state index contributed by atoms with van der Waals surface area (Å²) in [6.45, 7) is 6.51. The smallest absolute Gasteiger partial charge is 0.216 e. The van der Waals surface area contributed by atoms with E-state index in [1.807, 2.05) is 6.92 Å². The highest BCUT2D eigenvalue weighted by molar-refractivity contribution is 5.72. The summed E-state index contributed by atoms with van der Waals surface area (Å²) in [7, 11) is 0. The molecule has 1 atom stereocenters. The molecule has 1 aliphatic heterocycles. The fraction of sp³-hybridized carbons (Fsp3) is 0.562. The Morgan fingerprint density at radius 3 is 2.45 bits per heavy atom. The number of carbonyl (C=O) groups excluding carboxylic acids is 1. The number of carbonyl (C=O) groups is 1. The molecule has 1 amide bonds. The number of piperidine rings is 1. The summed E-state index contributed by atoms with van der Waals surface area (Å²) in [5, 5.41) is 2.92. The molecule has 0 aromatic heterocycles. The number of amides is 1. The van der Waals surface area contributed by atoms with E-state index < -0.39 is 0 Å². The topological polar surface area (TPSA) is 58.4 Å². The second-order valence-corrected chi connectivity index (χ2v) is 5.75. The van der Waals surface area contributed by atoms with E-state index >= 15 is 0 Å². The van der Waals surface area contributed by atoms with Crippen LogP contribution in [0, 0.1) is 5.92 Å². The summed E-state index contributed by atoms with van der Waals surface area (Å²) < 4.78 is 0. The molecule has 4 nitrogen and oxygen atoms in total. The zero-order valence-electron chi connectivity index (χ0n) is 12.4. The molecule has 0 bridgehead atoms. The number of anilines is 1. The first kappa shape index (κ1) is 14.9. The van der Waals surface area contributed by atoms with Crippen LogP contribution in [-0.2, 0) is 4.79 Å². The van der Waals surface area contributed by atoms with Crippen molar-refractivity contribution in [2.75, 3.05) is 24.5 Å². The van der Waals surface area contributed by atoms with Gasteiger partial charge in [-0.3, -0.25) is 4.79 Å². The van der Waals surface area contributed by atoms with E-state index in [9.17, 15) is 4.79 Å². The number of rotatable bonds is 4. The predicted octanol–water partition coefficient (Wildman–Crippen LogP) is 2.06. The third-order valence-corrected chi connectivity index (χ3v) is 4.04. The van der Waals surface area contributed by atoms with Gasteiger partial charge in [-0.1, -0.05) is 12.1 Å². The lowest BCUT2D eigenvalue weighted by molar-refractivity contribution is -0.119. The number of hydrogen-bond acceptors (Lipinski definition) is 3. The van der Waals surface area contributed by atoms with Crippen LogP contribution in [0.1, 0.15) is 38.3 Å². The average Bonchev–Trinajstić information content (AvgIpc) is 2.46. The molecule has 1 unspecified atom stereocenters. The van der Waals surface area contributed by atoms with Crippen molar-refractivity contribution in [2.24, 2.45) is 11.7 Å². The molecule has 1 aliphatic rings. The van der Waals surface area contributed by atoms with Gasteiger partial charge in [0.15, 0.2) is 0 Å². The van der Waals surface area contributed by atoms with Crippen LogP contribution < -0.4 is 16.0 Å². The van der Waals surface area contributed by atoms with Crippen LogP contribution in [0.3, 0.4) is 0 Å². The van der Waals surface area contributed by atoms with Crippen molar-refractivity contribution in [3.05, 3.63) is 29.8 Å². The molecule has 0 spiro atoms. The van der Waals surface area contributed by atoms with Crippen molar-refractivity contribution in [3.63, 3.8) is 0 Å². The largest absolute Gasteiger partial charge is 0.372 e. The molecule has 2 rings (SSSR count). The van der Waals surface area contributed by atoms with Gasteiger partial charge in [0, 0.05) is 38.3 Å². The van der Waals surface area contributed by atoms with Gasteiger partial charge in [-0.05, 0) is 43.4 Å². The van der Waals surface area contributed by atoms with E-state index in [1.165, 1.54) is 11.3 Å². The molecule has 20 heavy (non-hydrogen) atoms. The zero-order valence-corrected chi connectivity index (χ0v) is 12.4. The van der Waals surface area contributed by atoms with E-state index in [-0.39, 0.29) is 11.9 Å². The molecule has 1 aromatic rings. The van der Waals surface area contributed by atoms with Crippen LogP contribution in [0.5, 0.6) is 0 Å². The molecule has 0 aliphatic carbocycles. The Morgan fingerprint density at radius 2 is 1.95 bits per heavy atom. The van der Waals surface area contributed by atoms with E-state index in [1.54, 1.807) is 6.92 Å². The highest BCUT2D eigenvalue weighted by Gasteiger charge is 2.19. The van der Waals surface area contributed by atoms with Crippen molar-refractivity contribution >= 4 is 11.6 Å². The predicted molar refractivity (Wildman–Crippen MR) is 82.7 cm³/mol. The van der Waals surface area contributed by atoms with E-state index in [4.69, 9.17) is 5.73 Å². The van der Waals surface area contributed by atoms with Gasteiger partial charge >= 0.3 is 0 Å².